The van der Waals surface area contributed by atoms with E-state index >= 15 is 0 Å². The largest absolute Gasteiger partial charge is 0.417 e. The van der Waals surface area contributed by atoms with Gasteiger partial charge >= 0.3 is 6.18 Å². The van der Waals surface area contributed by atoms with Crippen LogP contribution in [0.15, 0.2) is 24.3 Å². The number of piperidine rings is 1. The second-order valence-corrected chi connectivity index (χ2v) is 7.60. The zero-order valence-electron chi connectivity index (χ0n) is 15.7. The number of benzene rings is 1. The van der Waals surface area contributed by atoms with Crippen molar-refractivity contribution in [1.82, 2.24) is 19.7 Å². The molecule has 1 N–H and O–H groups in total. The van der Waals surface area contributed by atoms with Crippen LogP contribution < -0.4 is 0 Å². The summed E-state index contributed by atoms with van der Waals surface area (Å²) in [5.41, 5.74) is -0.651. The van der Waals surface area contributed by atoms with Crippen molar-refractivity contribution in [3.05, 3.63) is 51.0 Å². The van der Waals surface area contributed by atoms with Crippen molar-refractivity contribution in [1.29, 1.82) is 0 Å². The van der Waals surface area contributed by atoms with Crippen molar-refractivity contribution in [3.63, 3.8) is 0 Å². The molecule has 2 aromatic rings. The molecule has 0 radical (unpaired) electrons. The lowest BCUT2D eigenvalue weighted by Gasteiger charge is -2.31. The molecule has 0 aliphatic carbocycles. The lowest BCUT2D eigenvalue weighted by molar-refractivity contribution is -0.137. The molecule has 0 saturated carbocycles. The molecular formula is C19H20ClF3N4OS. The van der Waals surface area contributed by atoms with Gasteiger partial charge in [-0.25, -0.2) is 0 Å². The van der Waals surface area contributed by atoms with Gasteiger partial charge in [0, 0.05) is 31.6 Å². The van der Waals surface area contributed by atoms with E-state index in [2.05, 4.69) is 10.2 Å². The van der Waals surface area contributed by atoms with Crippen LogP contribution in [0, 0.1) is 4.77 Å². The number of halogens is 4. The monoisotopic (exact) mass is 444 g/mol. The summed E-state index contributed by atoms with van der Waals surface area (Å²) in [5.74, 6) is 0.879. The molecule has 1 aliphatic heterocycles. The number of nitrogens with one attached hydrogen (secondary N) is 1. The Balaban J connectivity index is 1.63. The number of rotatable bonds is 4. The van der Waals surface area contributed by atoms with E-state index < -0.39 is 11.7 Å². The molecule has 29 heavy (non-hydrogen) atoms. The van der Waals surface area contributed by atoms with Crippen molar-refractivity contribution in [2.45, 2.75) is 38.4 Å². The quantitative estimate of drug-likeness (QED) is 0.530. The lowest BCUT2D eigenvalue weighted by Crippen LogP contribution is -2.37. The van der Waals surface area contributed by atoms with Crippen molar-refractivity contribution >= 4 is 35.8 Å². The highest BCUT2D eigenvalue weighted by atomic mass is 35.5. The van der Waals surface area contributed by atoms with Crippen LogP contribution >= 0.6 is 23.8 Å². The maximum Gasteiger partial charge on any atom is 0.417 e. The first-order valence-electron chi connectivity index (χ1n) is 9.19. The molecule has 0 bridgehead atoms. The third-order valence-corrected chi connectivity index (χ3v) is 5.63. The van der Waals surface area contributed by atoms with E-state index in [1.54, 1.807) is 4.90 Å². The molecule has 1 fully saturated rings. The van der Waals surface area contributed by atoms with Gasteiger partial charge in [0.25, 0.3) is 0 Å². The number of nitrogens with zero attached hydrogens (tertiary/aromatic N) is 3. The van der Waals surface area contributed by atoms with Gasteiger partial charge < -0.3 is 9.47 Å². The number of aromatic amines is 1. The van der Waals surface area contributed by atoms with E-state index in [4.69, 9.17) is 23.8 Å². The molecule has 1 amide bonds. The highest BCUT2D eigenvalue weighted by molar-refractivity contribution is 7.71. The minimum Gasteiger partial charge on any atom is -0.339 e. The van der Waals surface area contributed by atoms with Gasteiger partial charge in [-0.05, 0) is 55.8 Å². The fourth-order valence-corrected chi connectivity index (χ4v) is 3.93. The molecule has 1 aliphatic rings. The molecular weight excluding hydrogens is 425 g/mol. The third kappa shape index (κ3) is 4.90. The van der Waals surface area contributed by atoms with Crippen LogP contribution in [0.3, 0.4) is 0 Å². The molecule has 0 atom stereocenters. The van der Waals surface area contributed by atoms with Gasteiger partial charge in [-0.1, -0.05) is 17.7 Å². The van der Waals surface area contributed by atoms with Crippen molar-refractivity contribution in [2.24, 2.45) is 0 Å². The van der Waals surface area contributed by atoms with Gasteiger partial charge in [-0.15, -0.1) is 0 Å². The summed E-state index contributed by atoms with van der Waals surface area (Å²) in [6.07, 6.45) is -0.371. The molecule has 1 aromatic carbocycles. The number of hydrogen-bond acceptors (Lipinski definition) is 3. The third-order valence-electron chi connectivity index (χ3n) is 4.99. The van der Waals surface area contributed by atoms with E-state index in [9.17, 15) is 18.0 Å². The predicted octanol–water partition coefficient (Wildman–Crippen LogP) is 5.05. The fourth-order valence-electron chi connectivity index (χ4n) is 3.44. The van der Waals surface area contributed by atoms with Crippen LogP contribution in [-0.2, 0) is 17.5 Å². The Morgan fingerprint density at radius 1 is 1.38 bits per heavy atom. The minimum absolute atomic E-state index is 0.210. The molecule has 156 valence electrons. The fraction of sp³-hybridized carbons (Fsp3) is 0.421. The van der Waals surface area contributed by atoms with Gasteiger partial charge in [0.15, 0.2) is 4.77 Å². The van der Waals surface area contributed by atoms with Gasteiger partial charge in [0.05, 0.1) is 10.6 Å². The van der Waals surface area contributed by atoms with Crippen LogP contribution in [-0.4, -0.2) is 38.7 Å². The lowest BCUT2D eigenvalue weighted by atomic mass is 9.95. The summed E-state index contributed by atoms with van der Waals surface area (Å²) in [7, 11) is 0. The molecule has 0 spiro atoms. The Kier molecular flexibility index (Phi) is 6.48. The van der Waals surface area contributed by atoms with Crippen molar-refractivity contribution in [3.8, 4) is 0 Å². The van der Waals surface area contributed by atoms with E-state index in [1.165, 1.54) is 24.3 Å². The first-order chi connectivity index (χ1) is 13.7. The maximum absolute atomic E-state index is 13.0. The van der Waals surface area contributed by atoms with Crippen LogP contribution in [0.5, 0.6) is 0 Å². The van der Waals surface area contributed by atoms with Crippen molar-refractivity contribution < 1.29 is 18.0 Å². The Hall–Kier alpha value is -2.13. The molecule has 1 saturated heterocycles. The van der Waals surface area contributed by atoms with E-state index in [0.29, 0.717) is 17.9 Å². The van der Waals surface area contributed by atoms with Crippen LogP contribution in [0.2, 0.25) is 5.02 Å². The number of hydrogen-bond donors (Lipinski definition) is 1. The molecule has 10 heteroatoms. The second kappa shape index (κ2) is 8.71. The van der Waals surface area contributed by atoms with E-state index in [0.717, 1.165) is 31.3 Å². The smallest absolute Gasteiger partial charge is 0.339 e. The highest BCUT2D eigenvalue weighted by Crippen LogP contribution is 2.35. The number of likely N-dealkylation sites (tertiary alicyclic amines) is 1. The van der Waals surface area contributed by atoms with E-state index in [-0.39, 0.29) is 22.4 Å². The predicted molar refractivity (Wildman–Crippen MR) is 107 cm³/mol. The number of carbonyl (C=O) groups excluding carboxylic acids is 1. The number of alkyl halides is 3. The first-order valence-corrected chi connectivity index (χ1v) is 9.98. The summed E-state index contributed by atoms with van der Waals surface area (Å²) in [5, 5.41) is 6.76. The zero-order chi connectivity index (χ0) is 21.2. The number of aromatic nitrogens is 3. The summed E-state index contributed by atoms with van der Waals surface area (Å²) in [6.45, 7) is 3.82. The van der Waals surface area contributed by atoms with Crippen LogP contribution in [0.25, 0.3) is 6.08 Å². The number of amides is 1. The molecule has 5 nitrogen and oxygen atoms in total. The average Bonchev–Trinajstić information content (AvgIpc) is 3.06. The average molecular weight is 445 g/mol. The van der Waals surface area contributed by atoms with Gasteiger partial charge in [-0.2, -0.15) is 18.3 Å². The van der Waals surface area contributed by atoms with Gasteiger partial charge in [0.1, 0.15) is 5.82 Å². The highest BCUT2D eigenvalue weighted by Gasteiger charge is 2.33. The Bertz CT molecular complexity index is 975. The van der Waals surface area contributed by atoms with Gasteiger partial charge in [0.2, 0.25) is 5.91 Å². The van der Waals surface area contributed by atoms with Crippen molar-refractivity contribution in [2.75, 3.05) is 13.1 Å². The van der Waals surface area contributed by atoms with Crippen LogP contribution in [0.4, 0.5) is 13.2 Å². The summed E-state index contributed by atoms with van der Waals surface area (Å²) in [6, 6.07) is 3.56. The van der Waals surface area contributed by atoms with Gasteiger partial charge in [-0.3, -0.25) is 9.89 Å². The SMILES string of the molecule is CCn1c(C2CCN(C(=O)/C=C/c3ccc(Cl)c(C(F)(F)F)c3)CC2)n[nH]c1=S. The Morgan fingerprint density at radius 3 is 2.69 bits per heavy atom. The summed E-state index contributed by atoms with van der Waals surface area (Å²) >= 11 is 10.8. The Morgan fingerprint density at radius 2 is 2.07 bits per heavy atom. The summed E-state index contributed by atoms with van der Waals surface area (Å²) in [4.78, 5) is 14.1. The maximum atomic E-state index is 13.0. The second-order valence-electron chi connectivity index (χ2n) is 6.80. The summed E-state index contributed by atoms with van der Waals surface area (Å²) < 4.78 is 41.4. The molecule has 2 heterocycles. The normalized spacial score (nSPS) is 16.0. The first kappa shape index (κ1) is 21.6. The topological polar surface area (TPSA) is 53.9 Å². The molecule has 0 unspecified atom stereocenters. The Labute approximate surface area is 176 Å². The minimum atomic E-state index is -4.54. The zero-order valence-corrected chi connectivity index (χ0v) is 17.2. The van der Waals surface area contributed by atoms with E-state index in [1.807, 2.05) is 11.5 Å². The molecule has 1 aromatic heterocycles. The molecule has 3 rings (SSSR count). The van der Waals surface area contributed by atoms with Crippen LogP contribution in [0.1, 0.15) is 42.6 Å². The standard InChI is InChI=1S/C19H20ClF3N4OS/c1-2-27-17(24-25-18(27)29)13-7-9-26(10-8-13)16(28)6-4-12-3-5-15(20)14(11-12)19(21,22)23/h3-6,11,13H,2,7-10H2,1H3,(H,25,29)/b6-4+. The number of carbonyl (C=O) groups is 1. The number of H-pyrrole nitrogens is 1.